The van der Waals surface area contributed by atoms with Crippen molar-refractivity contribution in [3.8, 4) is 17.2 Å². The zero-order valence-corrected chi connectivity index (χ0v) is 20.7. The van der Waals surface area contributed by atoms with E-state index in [1.165, 1.54) is 44.2 Å². The molecule has 9 nitrogen and oxygen atoms in total. The Morgan fingerprint density at radius 3 is 2.17 bits per heavy atom. The summed E-state index contributed by atoms with van der Waals surface area (Å²) in [6.07, 6.45) is 0.495. The van der Waals surface area contributed by atoms with E-state index in [4.69, 9.17) is 9.47 Å². The van der Waals surface area contributed by atoms with E-state index in [0.717, 1.165) is 4.90 Å². The van der Waals surface area contributed by atoms with Crippen molar-refractivity contribution in [3.63, 3.8) is 0 Å². The molecule has 3 aromatic rings. The number of hydrogen-bond acceptors (Lipinski definition) is 7. The molecule has 0 bridgehead atoms. The van der Waals surface area contributed by atoms with Crippen molar-refractivity contribution < 1.29 is 34.1 Å². The molecule has 4 N–H and O–H groups in total. The highest BCUT2D eigenvalue weighted by molar-refractivity contribution is 8.00. The van der Waals surface area contributed by atoms with E-state index in [-0.39, 0.29) is 28.5 Å². The van der Waals surface area contributed by atoms with Crippen molar-refractivity contribution in [2.24, 2.45) is 0 Å². The van der Waals surface area contributed by atoms with Gasteiger partial charge in [0.05, 0.1) is 19.5 Å². The molecule has 36 heavy (non-hydrogen) atoms. The lowest BCUT2D eigenvalue weighted by molar-refractivity contribution is -0.115. The Balaban J connectivity index is 1.73. The molecule has 3 rings (SSSR count). The van der Waals surface area contributed by atoms with Crippen molar-refractivity contribution >= 4 is 40.9 Å². The van der Waals surface area contributed by atoms with Gasteiger partial charge in [-0.2, -0.15) is 0 Å². The number of thioether (sulfide) groups is 1. The maximum absolute atomic E-state index is 13.0. The normalized spacial score (nSPS) is 11.3. The van der Waals surface area contributed by atoms with Gasteiger partial charge in [0.2, 0.25) is 5.91 Å². The predicted molar refractivity (Wildman–Crippen MR) is 138 cm³/mol. The molecule has 10 heteroatoms. The number of anilines is 2. The van der Waals surface area contributed by atoms with Crippen LogP contribution in [-0.4, -0.2) is 47.5 Å². The van der Waals surface area contributed by atoms with Gasteiger partial charge in [0, 0.05) is 16.3 Å². The largest absolute Gasteiger partial charge is 0.507 e. The average Bonchev–Trinajstić information content (AvgIpc) is 2.87. The van der Waals surface area contributed by atoms with Crippen molar-refractivity contribution in [1.82, 2.24) is 0 Å². The topological polar surface area (TPSA) is 134 Å². The van der Waals surface area contributed by atoms with Gasteiger partial charge in [0.1, 0.15) is 28.4 Å². The maximum Gasteiger partial charge on any atom is 0.339 e. The van der Waals surface area contributed by atoms with Crippen LogP contribution in [0.4, 0.5) is 11.4 Å². The van der Waals surface area contributed by atoms with Crippen LogP contribution in [-0.2, 0) is 4.79 Å². The lowest BCUT2D eigenvalue weighted by Gasteiger charge is -2.16. The van der Waals surface area contributed by atoms with Crippen LogP contribution in [0.2, 0.25) is 0 Å². The molecule has 0 heterocycles. The molecular formula is C26H26N2O7S. The zero-order chi connectivity index (χ0) is 26.2. The first-order chi connectivity index (χ1) is 17.3. The maximum atomic E-state index is 13.0. The second kappa shape index (κ2) is 12.0. The summed E-state index contributed by atoms with van der Waals surface area (Å²) in [7, 11) is 2.94. The van der Waals surface area contributed by atoms with Crippen molar-refractivity contribution in [3.05, 3.63) is 71.8 Å². The van der Waals surface area contributed by atoms with E-state index < -0.39 is 17.1 Å². The Hall–Kier alpha value is -4.18. The number of ether oxygens (including phenoxy) is 2. The molecular weight excluding hydrogens is 484 g/mol. The zero-order valence-electron chi connectivity index (χ0n) is 19.9. The molecule has 0 spiro atoms. The monoisotopic (exact) mass is 510 g/mol. The van der Waals surface area contributed by atoms with E-state index in [0.29, 0.717) is 23.6 Å². The van der Waals surface area contributed by atoms with Crippen LogP contribution in [0, 0.1) is 0 Å². The summed E-state index contributed by atoms with van der Waals surface area (Å²) >= 11 is 1.30. The fourth-order valence-electron chi connectivity index (χ4n) is 3.41. The number of nitrogens with one attached hydrogen (secondary N) is 2. The molecule has 188 valence electrons. The number of carboxylic acid groups (broad SMARTS) is 1. The molecule has 0 radical (unpaired) electrons. The van der Waals surface area contributed by atoms with E-state index in [9.17, 15) is 24.6 Å². The second-order valence-electron chi connectivity index (χ2n) is 7.56. The summed E-state index contributed by atoms with van der Waals surface area (Å²) in [6.45, 7) is 1.86. The van der Waals surface area contributed by atoms with Gasteiger partial charge in [-0.3, -0.25) is 9.59 Å². The van der Waals surface area contributed by atoms with Crippen LogP contribution >= 0.6 is 11.8 Å². The Morgan fingerprint density at radius 1 is 0.917 bits per heavy atom. The summed E-state index contributed by atoms with van der Waals surface area (Å²) in [6, 6.07) is 16.0. The van der Waals surface area contributed by atoms with Gasteiger partial charge >= 0.3 is 5.97 Å². The summed E-state index contributed by atoms with van der Waals surface area (Å²) in [5.74, 6) is -1.66. The smallest absolute Gasteiger partial charge is 0.339 e. The van der Waals surface area contributed by atoms with Gasteiger partial charge in [0.15, 0.2) is 0 Å². The van der Waals surface area contributed by atoms with Gasteiger partial charge in [-0.05, 0) is 55.0 Å². The van der Waals surface area contributed by atoms with Gasteiger partial charge < -0.3 is 30.3 Å². The van der Waals surface area contributed by atoms with Crippen LogP contribution in [0.3, 0.4) is 0 Å². The molecule has 1 unspecified atom stereocenters. The Morgan fingerprint density at radius 2 is 1.56 bits per heavy atom. The first-order valence-corrected chi connectivity index (χ1v) is 11.8. The van der Waals surface area contributed by atoms with Crippen molar-refractivity contribution in [2.45, 2.75) is 23.5 Å². The molecule has 0 fully saturated rings. The van der Waals surface area contributed by atoms with Gasteiger partial charge in [-0.1, -0.05) is 19.1 Å². The molecule has 1 atom stereocenters. The summed E-state index contributed by atoms with van der Waals surface area (Å²) in [5.41, 5.74) is 0.753. The third-order valence-corrected chi connectivity index (χ3v) is 6.54. The molecule has 0 aliphatic carbocycles. The minimum absolute atomic E-state index is 0.265. The summed E-state index contributed by atoms with van der Waals surface area (Å²) in [4.78, 5) is 37.8. The van der Waals surface area contributed by atoms with Gasteiger partial charge in [0.25, 0.3) is 5.91 Å². The Bertz CT molecular complexity index is 1260. The number of carbonyl (C=O) groups is 3. The molecule has 0 saturated carbocycles. The third-order valence-electron chi connectivity index (χ3n) is 5.18. The van der Waals surface area contributed by atoms with E-state index in [1.807, 2.05) is 13.0 Å². The van der Waals surface area contributed by atoms with Gasteiger partial charge in [-0.15, -0.1) is 11.8 Å². The molecule has 2 amide bonds. The highest BCUT2D eigenvalue weighted by Crippen LogP contribution is 2.32. The number of phenols is 1. The number of methoxy groups -OCH3 is 2. The molecule has 0 saturated heterocycles. The summed E-state index contributed by atoms with van der Waals surface area (Å²) in [5, 5.41) is 23.9. The van der Waals surface area contributed by atoms with Crippen LogP contribution in [0.5, 0.6) is 17.2 Å². The predicted octanol–water partition coefficient (Wildman–Crippen LogP) is 4.87. The van der Waals surface area contributed by atoms with E-state index in [2.05, 4.69) is 10.6 Å². The highest BCUT2D eigenvalue weighted by atomic mass is 32.2. The van der Waals surface area contributed by atoms with Crippen LogP contribution in [0.25, 0.3) is 0 Å². The van der Waals surface area contributed by atoms with Crippen LogP contribution in [0.1, 0.15) is 34.1 Å². The van der Waals surface area contributed by atoms with Crippen LogP contribution in [0.15, 0.2) is 65.6 Å². The minimum Gasteiger partial charge on any atom is -0.507 e. The number of amides is 2. The number of hydrogen-bond donors (Lipinski definition) is 4. The molecule has 0 aliphatic rings. The number of carboxylic acids is 1. The Labute approximate surface area is 212 Å². The first kappa shape index (κ1) is 26.4. The third kappa shape index (κ3) is 6.28. The average molecular weight is 511 g/mol. The lowest BCUT2D eigenvalue weighted by atomic mass is 10.1. The molecule has 0 aliphatic heterocycles. The first-order valence-electron chi connectivity index (χ1n) is 10.9. The quantitative estimate of drug-likeness (QED) is 0.224. The number of benzene rings is 3. The standard InChI is InChI=1S/C26H26N2O7S/c1-4-22(24(30)27-16-11-12-19(29)18(14-16)26(32)33)36-17-8-5-7-15(13-17)28-25(31)23-20(34-2)9-6-10-21(23)35-3/h5-14,22,29H,4H2,1-3H3,(H,27,30)(H,28,31)(H,32,33). The van der Waals surface area contributed by atoms with Gasteiger partial charge in [-0.25, -0.2) is 4.79 Å². The Kier molecular flexibility index (Phi) is 8.80. The summed E-state index contributed by atoms with van der Waals surface area (Å²) < 4.78 is 10.6. The molecule has 3 aromatic carbocycles. The van der Waals surface area contributed by atoms with E-state index >= 15 is 0 Å². The lowest BCUT2D eigenvalue weighted by Crippen LogP contribution is -2.24. The highest BCUT2D eigenvalue weighted by Gasteiger charge is 2.21. The fourth-order valence-corrected chi connectivity index (χ4v) is 4.42. The number of aromatic hydroxyl groups is 1. The second-order valence-corrected chi connectivity index (χ2v) is 8.84. The minimum atomic E-state index is -1.30. The SMILES string of the molecule is CCC(Sc1cccc(NC(=O)c2c(OC)cccc2OC)c1)C(=O)Nc1ccc(O)c(C(=O)O)c1. The fraction of sp³-hybridized carbons (Fsp3) is 0.192. The molecule has 0 aromatic heterocycles. The van der Waals surface area contributed by atoms with E-state index in [1.54, 1.807) is 36.4 Å². The van der Waals surface area contributed by atoms with Crippen molar-refractivity contribution in [2.75, 3.05) is 24.9 Å². The number of rotatable bonds is 10. The van der Waals surface area contributed by atoms with Crippen molar-refractivity contribution in [1.29, 1.82) is 0 Å². The number of carbonyl (C=O) groups excluding carboxylic acids is 2. The number of aromatic carboxylic acids is 1. The van der Waals surface area contributed by atoms with Crippen LogP contribution < -0.4 is 20.1 Å².